The van der Waals surface area contributed by atoms with Crippen molar-refractivity contribution in [2.75, 3.05) is 58.1 Å². The third-order valence-corrected chi connectivity index (χ3v) is 9.75. The van der Waals surface area contributed by atoms with E-state index in [9.17, 15) is 14.4 Å². The van der Waals surface area contributed by atoms with Crippen LogP contribution in [0, 0.1) is 12.3 Å². The Hall–Kier alpha value is -3.98. The van der Waals surface area contributed by atoms with Crippen LogP contribution in [0.5, 0.6) is 0 Å². The summed E-state index contributed by atoms with van der Waals surface area (Å²) in [5, 5.41) is 3.69. The van der Waals surface area contributed by atoms with Gasteiger partial charge in [-0.15, -0.1) is 6.42 Å². The Morgan fingerprint density at radius 3 is 2.38 bits per heavy atom. The number of likely N-dealkylation sites (tertiary alicyclic amines) is 2. The number of halogens is 1. The molecule has 4 N–H and O–H groups in total. The maximum atomic E-state index is 13.9. The van der Waals surface area contributed by atoms with Crippen LogP contribution in [0.2, 0.25) is 5.02 Å². The fourth-order valence-electron chi connectivity index (χ4n) is 6.95. The Kier molecular flexibility index (Phi) is 9.35. The first-order chi connectivity index (χ1) is 21.8. The molecule has 1 atom stereocenters. The minimum absolute atomic E-state index is 0.0498. The number of nitrogen functional groups attached to an aromatic ring is 1. The van der Waals surface area contributed by atoms with Gasteiger partial charge in [-0.25, -0.2) is 9.59 Å². The lowest BCUT2D eigenvalue weighted by Gasteiger charge is -2.41. The number of carbonyl (C=O) groups excluding carboxylic acids is 2. The predicted molar refractivity (Wildman–Crippen MR) is 174 cm³/mol. The van der Waals surface area contributed by atoms with Gasteiger partial charge in [0.25, 0.3) is 5.91 Å². The number of benzene rings is 2. The van der Waals surface area contributed by atoms with Crippen molar-refractivity contribution in [3.63, 3.8) is 0 Å². The second-order valence-electron chi connectivity index (χ2n) is 12.1. The molecule has 6 rings (SSSR count). The monoisotopic (exact) mass is 633 g/mol. The molecule has 2 aromatic carbocycles. The number of nitrogens with one attached hydrogen (secondary N) is 2. The molecule has 0 aliphatic carbocycles. The number of imidazole rings is 1. The molecule has 0 saturated carbocycles. The van der Waals surface area contributed by atoms with Gasteiger partial charge in [-0.2, -0.15) is 0 Å². The summed E-state index contributed by atoms with van der Waals surface area (Å²) >= 11 is 6.36. The zero-order valence-electron chi connectivity index (χ0n) is 25.3. The Balaban J connectivity index is 1.14. The number of para-hydroxylation sites is 2. The largest absolute Gasteiger partial charge is 0.436 e. The van der Waals surface area contributed by atoms with Crippen LogP contribution in [-0.4, -0.2) is 101 Å². The topological polar surface area (TPSA) is 129 Å². The van der Waals surface area contributed by atoms with Crippen molar-refractivity contribution in [3.8, 4) is 12.3 Å². The predicted octanol–water partition coefficient (Wildman–Crippen LogP) is 2.83. The van der Waals surface area contributed by atoms with E-state index in [4.69, 9.17) is 28.5 Å². The van der Waals surface area contributed by atoms with Crippen molar-refractivity contribution in [1.82, 2.24) is 29.6 Å². The van der Waals surface area contributed by atoms with Crippen molar-refractivity contribution >= 4 is 40.3 Å². The van der Waals surface area contributed by atoms with Gasteiger partial charge in [0.2, 0.25) is 0 Å². The van der Waals surface area contributed by atoms with E-state index in [1.807, 2.05) is 29.2 Å². The van der Waals surface area contributed by atoms with E-state index in [1.165, 1.54) is 0 Å². The quantitative estimate of drug-likeness (QED) is 0.281. The molecule has 11 nitrogen and oxygen atoms in total. The van der Waals surface area contributed by atoms with Crippen molar-refractivity contribution < 1.29 is 14.3 Å². The molecular formula is C33H40ClN7O4. The number of nitrogens with zero attached hydrogens (tertiary/aromatic N) is 4. The van der Waals surface area contributed by atoms with Crippen LogP contribution in [0.1, 0.15) is 42.9 Å². The Bertz CT molecular complexity index is 1640. The minimum Gasteiger partial charge on any atom is -0.436 e. The van der Waals surface area contributed by atoms with E-state index >= 15 is 0 Å². The zero-order chi connectivity index (χ0) is 31.5. The molecule has 238 valence electrons. The standard InChI is InChI=1S/C33H40ClN7O4/c1-2-23-19-22(20-26(34)30(23)35)21-29(31(42)39-13-7-24(8-14-39)38-17-11-36-12-18-38)45-33(44)40-15-9-25(10-16-40)41-28-6-4-3-5-27(28)37-32(41)43/h1,3-6,19-20,24-25,29,36H,7-18,21,35H2,(H,37,43)/t29-/m1/s1. The molecule has 3 aromatic rings. The van der Waals surface area contributed by atoms with Crippen molar-refractivity contribution in [3.05, 3.63) is 63.0 Å². The average Bonchev–Trinajstić information content (AvgIpc) is 3.41. The van der Waals surface area contributed by atoms with E-state index in [1.54, 1.807) is 21.6 Å². The number of aromatic amines is 1. The Morgan fingerprint density at radius 2 is 1.67 bits per heavy atom. The molecule has 3 aliphatic rings. The molecule has 0 unspecified atom stereocenters. The summed E-state index contributed by atoms with van der Waals surface area (Å²) in [4.78, 5) is 49.0. The van der Waals surface area contributed by atoms with E-state index in [0.717, 1.165) is 50.1 Å². The fraction of sp³-hybridized carbons (Fsp3) is 0.485. The van der Waals surface area contributed by atoms with E-state index < -0.39 is 12.2 Å². The van der Waals surface area contributed by atoms with Crippen LogP contribution < -0.4 is 16.7 Å². The molecule has 0 spiro atoms. The molecular weight excluding hydrogens is 594 g/mol. The van der Waals surface area contributed by atoms with E-state index in [2.05, 4.69) is 21.1 Å². The van der Waals surface area contributed by atoms with Crippen molar-refractivity contribution in [2.24, 2.45) is 0 Å². The van der Waals surface area contributed by atoms with E-state index in [-0.39, 0.29) is 24.1 Å². The molecule has 3 saturated heterocycles. The first-order valence-electron chi connectivity index (χ1n) is 15.7. The van der Waals surface area contributed by atoms with Gasteiger partial charge in [0.1, 0.15) is 0 Å². The summed E-state index contributed by atoms with van der Waals surface area (Å²) in [6.45, 7) is 6.00. The molecule has 0 bridgehead atoms. The molecule has 2 amide bonds. The van der Waals surface area contributed by atoms with Gasteiger partial charge in [0, 0.05) is 76.4 Å². The zero-order valence-corrected chi connectivity index (χ0v) is 26.1. The van der Waals surface area contributed by atoms with Crippen LogP contribution in [0.25, 0.3) is 11.0 Å². The maximum absolute atomic E-state index is 13.9. The average molecular weight is 634 g/mol. The number of piperidine rings is 2. The number of hydrogen-bond donors (Lipinski definition) is 3. The second kappa shape index (κ2) is 13.6. The SMILES string of the molecule is C#Cc1cc(C[C@@H](OC(=O)N2CCC(n3c(=O)[nH]c4ccccc43)CC2)C(=O)N2CCC(N3CCNCC3)CC2)cc(Cl)c1N. The molecule has 4 heterocycles. The number of carbonyl (C=O) groups is 2. The number of ether oxygens (including phenoxy) is 1. The summed E-state index contributed by atoms with van der Waals surface area (Å²) in [7, 11) is 0. The summed E-state index contributed by atoms with van der Waals surface area (Å²) < 4.78 is 7.77. The number of hydrogen-bond acceptors (Lipinski definition) is 7. The lowest BCUT2D eigenvalue weighted by atomic mass is 9.99. The smallest absolute Gasteiger partial charge is 0.410 e. The Labute approximate surface area is 267 Å². The number of rotatable bonds is 6. The van der Waals surface area contributed by atoms with Gasteiger partial charge in [0.15, 0.2) is 6.10 Å². The summed E-state index contributed by atoms with van der Waals surface area (Å²) in [5.41, 5.74) is 8.92. The highest BCUT2D eigenvalue weighted by atomic mass is 35.5. The molecule has 1 aromatic heterocycles. The second-order valence-corrected chi connectivity index (χ2v) is 12.5. The molecule has 45 heavy (non-hydrogen) atoms. The number of H-pyrrole nitrogens is 1. The fourth-order valence-corrected chi connectivity index (χ4v) is 7.19. The summed E-state index contributed by atoms with van der Waals surface area (Å²) in [5.74, 6) is 2.32. The summed E-state index contributed by atoms with van der Waals surface area (Å²) in [6.07, 6.45) is 7.11. The normalized spacial score (nSPS) is 19.4. The van der Waals surface area contributed by atoms with Crippen LogP contribution in [0.15, 0.2) is 41.2 Å². The van der Waals surface area contributed by atoms with Crippen molar-refractivity contribution in [2.45, 2.75) is 50.3 Å². The highest BCUT2D eigenvalue weighted by molar-refractivity contribution is 6.33. The minimum atomic E-state index is -1.05. The van der Waals surface area contributed by atoms with Gasteiger partial charge < -0.3 is 30.6 Å². The van der Waals surface area contributed by atoms with E-state index in [0.29, 0.717) is 66.9 Å². The lowest BCUT2D eigenvalue weighted by Crippen LogP contribution is -2.54. The molecule has 0 radical (unpaired) electrons. The first-order valence-corrected chi connectivity index (χ1v) is 16.1. The number of piperazine rings is 1. The number of terminal acetylenes is 1. The molecule has 12 heteroatoms. The molecule has 3 fully saturated rings. The van der Waals surface area contributed by atoms with Gasteiger partial charge in [-0.1, -0.05) is 29.7 Å². The van der Waals surface area contributed by atoms with Crippen LogP contribution in [-0.2, 0) is 16.0 Å². The highest BCUT2D eigenvalue weighted by Gasteiger charge is 2.35. The highest BCUT2D eigenvalue weighted by Crippen LogP contribution is 2.28. The van der Waals surface area contributed by atoms with Crippen LogP contribution >= 0.6 is 11.6 Å². The number of fused-ring (bicyclic) bond motifs is 1. The molecule has 3 aliphatic heterocycles. The van der Waals surface area contributed by atoms with Gasteiger partial charge >= 0.3 is 11.8 Å². The number of aromatic nitrogens is 2. The van der Waals surface area contributed by atoms with Crippen molar-refractivity contribution in [1.29, 1.82) is 0 Å². The van der Waals surface area contributed by atoms with Gasteiger partial charge in [-0.3, -0.25) is 14.3 Å². The van der Waals surface area contributed by atoms with Gasteiger partial charge in [-0.05, 0) is 55.5 Å². The lowest BCUT2D eigenvalue weighted by molar-refractivity contribution is -0.142. The third kappa shape index (κ3) is 6.69. The van der Waals surface area contributed by atoms with Gasteiger partial charge in [0.05, 0.1) is 21.7 Å². The summed E-state index contributed by atoms with van der Waals surface area (Å²) in [6, 6.07) is 11.4. The number of anilines is 1. The Morgan fingerprint density at radius 1 is 1.00 bits per heavy atom. The first kappa shape index (κ1) is 31.0. The number of amides is 2. The van der Waals surface area contributed by atoms with Crippen LogP contribution in [0.4, 0.5) is 10.5 Å². The third-order valence-electron chi connectivity index (χ3n) is 9.44. The maximum Gasteiger partial charge on any atom is 0.410 e. The van der Waals surface area contributed by atoms with Crippen LogP contribution in [0.3, 0.4) is 0 Å². The number of nitrogens with two attached hydrogens (primary N) is 1.